The molecule has 84 valence electrons. The average molecular weight is 234 g/mol. The summed E-state index contributed by atoms with van der Waals surface area (Å²) >= 11 is 1.94. The van der Waals surface area contributed by atoms with Crippen LogP contribution in [-0.4, -0.2) is 29.1 Å². The predicted molar refractivity (Wildman–Crippen MR) is 67.5 cm³/mol. The number of nitrogens with zero attached hydrogens (tertiary/aromatic N) is 3. The Balaban J connectivity index is 2.36. The average Bonchev–Trinajstić information content (AvgIpc) is 2.31. The molecule has 1 saturated heterocycles. The minimum absolute atomic E-state index is 0.419. The first kappa shape index (κ1) is 11.1. The normalized spacial score (nSPS) is 20.5. The molecule has 1 aromatic rings. The summed E-state index contributed by atoms with van der Waals surface area (Å²) in [5.41, 5.74) is 6.97. The molecular weight excluding hydrogens is 220 g/mol. The molecule has 2 heterocycles. The third-order valence-corrected chi connectivity index (χ3v) is 3.92. The van der Waals surface area contributed by atoms with Gasteiger partial charge in [-0.15, -0.1) is 0 Å². The van der Waals surface area contributed by atoms with E-state index in [1.54, 1.807) is 12.3 Å². The molecule has 1 atom stereocenters. The molecule has 1 fully saturated rings. The molecule has 1 unspecified atom stereocenters. The summed E-state index contributed by atoms with van der Waals surface area (Å²) in [5, 5.41) is 8.93. The van der Waals surface area contributed by atoms with E-state index in [9.17, 15) is 0 Å². The van der Waals surface area contributed by atoms with Crippen molar-refractivity contribution >= 4 is 23.3 Å². The Hall–Kier alpha value is -1.41. The van der Waals surface area contributed by atoms with Crippen molar-refractivity contribution in [1.82, 2.24) is 4.98 Å². The Labute approximate surface area is 99.5 Å². The predicted octanol–water partition coefficient (Wildman–Crippen LogP) is 1.48. The van der Waals surface area contributed by atoms with Crippen LogP contribution in [-0.2, 0) is 0 Å². The molecule has 0 amide bonds. The van der Waals surface area contributed by atoms with E-state index in [4.69, 9.17) is 11.0 Å². The molecule has 0 aliphatic carbocycles. The number of rotatable bonds is 1. The van der Waals surface area contributed by atoms with Gasteiger partial charge in [-0.1, -0.05) is 0 Å². The largest absolute Gasteiger partial charge is 0.395 e. The van der Waals surface area contributed by atoms with Crippen LogP contribution in [0.5, 0.6) is 0 Å². The number of nitriles is 1. The lowest BCUT2D eigenvalue weighted by molar-refractivity contribution is 0.691. The van der Waals surface area contributed by atoms with Crippen molar-refractivity contribution in [2.75, 3.05) is 28.7 Å². The van der Waals surface area contributed by atoms with Crippen molar-refractivity contribution in [1.29, 1.82) is 5.26 Å². The first-order valence-electron chi connectivity index (χ1n) is 5.23. The fourth-order valence-corrected chi connectivity index (χ4v) is 2.84. The van der Waals surface area contributed by atoms with Gasteiger partial charge in [-0.3, -0.25) is 0 Å². The van der Waals surface area contributed by atoms with Crippen LogP contribution >= 0.6 is 11.8 Å². The van der Waals surface area contributed by atoms with E-state index in [1.165, 1.54) is 0 Å². The maximum absolute atomic E-state index is 8.93. The van der Waals surface area contributed by atoms with E-state index < -0.39 is 0 Å². The van der Waals surface area contributed by atoms with Crippen LogP contribution < -0.4 is 10.6 Å². The maximum atomic E-state index is 8.93. The second kappa shape index (κ2) is 4.62. The zero-order valence-corrected chi connectivity index (χ0v) is 10.00. The number of nitrogen functional groups attached to an aromatic ring is 1. The standard InChI is InChI=1S/C11H14N4S/c1-8-7-16-5-4-15(8)11-10(13)9(6-12)2-3-14-11/h2-3,8H,4-5,7,13H2,1H3. The molecule has 1 aromatic heterocycles. The summed E-state index contributed by atoms with van der Waals surface area (Å²) in [6, 6.07) is 4.17. The molecule has 0 radical (unpaired) electrons. The highest BCUT2D eigenvalue weighted by Crippen LogP contribution is 2.28. The zero-order valence-electron chi connectivity index (χ0n) is 9.18. The Morgan fingerprint density at radius 3 is 3.19 bits per heavy atom. The molecular formula is C11H14N4S. The molecule has 0 aromatic carbocycles. The van der Waals surface area contributed by atoms with Crippen molar-refractivity contribution in [2.45, 2.75) is 13.0 Å². The molecule has 5 heteroatoms. The molecule has 16 heavy (non-hydrogen) atoms. The molecule has 0 spiro atoms. The van der Waals surface area contributed by atoms with Crippen LogP contribution in [0.2, 0.25) is 0 Å². The van der Waals surface area contributed by atoms with Gasteiger partial charge in [0.2, 0.25) is 0 Å². The Morgan fingerprint density at radius 1 is 1.69 bits per heavy atom. The van der Waals surface area contributed by atoms with E-state index in [0.29, 0.717) is 17.3 Å². The summed E-state index contributed by atoms with van der Waals surface area (Å²) in [7, 11) is 0. The Bertz CT molecular complexity index is 426. The van der Waals surface area contributed by atoms with Crippen LogP contribution in [0.1, 0.15) is 12.5 Å². The minimum atomic E-state index is 0.419. The van der Waals surface area contributed by atoms with E-state index >= 15 is 0 Å². The number of aromatic nitrogens is 1. The SMILES string of the molecule is CC1CSCCN1c1nccc(C#N)c1N. The Kier molecular flexibility index (Phi) is 3.20. The summed E-state index contributed by atoms with van der Waals surface area (Å²) in [6.07, 6.45) is 1.65. The fourth-order valence-electron chi connectivity index (χ4n) is 1.83. The summed E-state index contributed by atoms with van der Waals surface area (Å²) in [5.74, 6) is 2.92. The molecule has 0 bridgehead atoms. The van der Waals surface area contributed by atoms with Gasteiger partial charge in [0.05, 0.1) is 11.3 Å². The van der Waals surface area contributed by atoms with Gasteiger partial charge in [-0.25, -0.2) is 4.98 Å². The molecule has 1 aliphatic heterocycles. The third kappa shape index (κ3) is 1.93. The number of hydrogen-bond donors (Lipinski definition) is 1. The fraction of sp³-hybridized carbons (Fsp3) is 0.455. The Morgan fingerprint density at radius 2 is 2.50 bits per heavy atom. The van der Waals surface area contributed by atoms with E-state index in [1.807, 2.05) is 11.8 Å². The van der Waals surface area contributed by atoms with Gasteiger partial charge in [0.15, 0.2) is 5.82 Å². The third-order valence-electron chi connectivity index (χ3n) is 2.73. The van der Waals surface area contributed by atoms with E-state index in [-0.39, 0.29) is 0 Å². The van der Waals surface area contributed by atoms with Crippen LogP contribution in [0.3, 0.4) is 0 Å². The monoisotopic (exact) mass is 234 g/mol. The van der Waals surface area contributed by atoms with Crippen LogP contribution in [0.15, 0.2) is 12.3 Å². The summed E-state index contributed by atoms with van der Waals surface area (Å²) in [6.45, 7) is 3.10. The molecule has 1 aliphatic rings. The van der Waals surface area contributed by atoms with Crippen LogP contribution in [0, 0.1) is 11.3 Å². The van der Waals surface area contributed by atoms with Crippen LogP contribution in [0.25, 0.3) is 0 Å². The van der Waals surface area contributed by atoms with Gasteiger partial charge < -0.3 is 10.6 Å². The lowest BCUT2D eigenvalue weighted by Gasteiger charge is -2.34. The lowest BCUT2D eigenvalue weighted by atomic mass is 10.2. The maximum Gasteiger partial charge on any atom is 0.153 e. The summed E-state index contributed by atoms with van der Waals surface area (Å²) < 4.78 is 0. The number of anilines is 2. The number of hydrogen-bond acceptors (Lipinski definition) is 5. The summed E-state index contributed by atoms with van der Waals surface area (Å²) in [4.78, 5) is 6.49. The topological polar surface area (TPSA) is 65.9 Å². The van der Waals surface area contributed by atoms with E-state index in [0.717, 1.165) is 23.9 Å². The van der Waals surface area contributed by atoms with Crippen LogP contribution in [0.4, 0.5) is 11.5 Å². The van der Waals surface area contributed by atoms with Crippen molar-refractivity contribution in [2.24, 2.45) is 0 Å². The lowest BCUT2D eigenvalue weighted by Crippen LogP contribution is -2.41. The van der Waals surface area contributed by atoms with Gasteiger partial charge in [-0.05, 0) is 13.0 Å². The van der Waals surface area contributed by atoms with E-state index in [2.05, 4.69) is 22.9 Å². The molecule has 2 N–H and O–H groups in total. The van der Waals surface area contributed by atoms with Crippen molar-refractivity contribution in [3.8, 4) is 6.07 Å². The quantitative estimate of drug-likeness (QED) is 0.797. The van der Waals surface area contributed by atoms with Gasteiger partial charge >= 0.3 is 0 Å². The zero-order chi connectivity index (χ0) is 11.5. The van der Waals surface area contributed by atoms with Gasteiger partial charge in [0.1, 0.15) is 6.07 Å². The highest BCUT2D eigenvalue weighted by atomic mass is 32.2. The smallest absolute Gasteiger partial charge is 0.153 e. The van der Waals surface area contributed by atoms with Crippen molar-refractivity contribution < 1.29 is 0 Å². The second-order valence-electron chi connectivity index (χ2n) is 3.82. The molecule has 2 rings (SSSR count). The molecule has 0 saturated carbocycles. The number of nitrogens with two attached hydrogens (primary N) is 1. The van der Waals surface area contributed by atoms with Gasteiger partial charge in [0, 0.05) is 30.3 Å². The first-order chi connectivity index (χ1) is 7.74. The van der Waals surface area contributed by atoms with Gasteiger partial charge in [0.25, 0.3) is 0 Å². The number of pyridine rings is 1. The minimum Gasteiger partial charge on any atom is -0.395 e. The number of thioether (sulfide) groups is 1. The highest BCUT2D eigenvalue weighted by molar-refractivity contribution is 7.99. The first-order valence-corrected chi connectivity index (χ1v) is 6.38. The highest BCUT2D eigenvalue weighted by Gasteiger charge is 2.22. The van der Waals surface area contributed by atoms with Crippen molar-refractivity contribution in [3.05, 3.63) is 17.8 Å². The second-order valence-corrected chi connectivity index (χ2v) is 4.97. The van der Waals surface area contributed by atoms with Gasteiger partial charge in [-0.2, -0.15) is 17.0 Å². The van der Waals surface area contributed by atoms with Crippen molar-refractivity contribution in [3.63, 3.8) is 0 Å². The molecule has 4 nitrogen and oxygen atoms in total.